The Bertz CT molecular complexity index is 666. The van der Waals surface area contributed by atoms with Gasteiger partial charge in [0.1, 0.15) is 73.2 Å². The van der Waals surface area contributed by atoms with Crippen LogP contribution in [-0.4, -0.2) is 172 Å². The molecule has 0 saturated carbocycles. The zero-order chi connectivity index (χ0) is 26.7. The Morgan fingerprint density at radius 1 is 0.472 bits per heavy atom. The Morgan fingerprint density at radius 3 is 1.17 bits per heavy atom. The van der Waals surface area contributed by atoms with E-state index < -0.39 is 112 Å². The van der Waals surface area contributed by atoms with Gasteiger partial charge in [-0.2, -0.15) is 0 Å². The van der Waals surface area contributed by atoms with Gasteiger partial charge >= 0.3 is 0 Å². The summed E-state index contributed by atoms with van der Waals surface area (Å²) in [6, 6.07) is 0. The van der Waals surface area contributed by atoms with Crippen LogP contribution >= 0.6 is 0 Å². The van der Waals surface area contributed by atoms with Gasteiger partial charge in [-0.3, -0.25) is 0 Å². The molecule has 3 aliphatic heterocycles. The van der Waals surface area contributed by atoms with Crippen molar-refractivity contribution in [2.45, 2.75) is 92.1 Å². The van der Waals surface area contributed by atoms with Crippen LogP contribution < -0.4 is 0 Å². The van der Waals surface area contributed by atoms with Crippen molar-refractivity contribution in [3.05, 3.63) is 0 Å². The molecular formula is C20H36O16. The molecule has 3 saturated heterocycles. The summed E-state index contributed by atoms with van der Waals surface area (Å²) < 4.78 is 37.3. The van der Waals surface area contributed by atoms with Gasteiger partial charge in [-0.15, -0.1) is 0 Å². The van der Waals surface area contributed by atoms with E-state index in [4.69, 9.17) is 33.2 Å². The van der Waals surface area contributed by atoms with E-state index in [-0.39, 0.29) is 0 Å². The highest BCUT2D eigenvalue weighted by Crippen LogP contribution is 2.32. The normalized spacial score (nSPS) is 50.2. The highest BCUT2D eigenvalue weighted by atomic mass is 16.8. The first-order chi connectivity index (χ1) is 17.1. The molecule has 36 heavy (non-hydrogen) atoms. The molecule has 15 atom stereocenters. The van der Waals surface area contributed by atoms with Gasteiger partial charge in [0.15, 0.2) is 18.9 Å². The zero-order valence-electron chi connectivity index (χ0n) is 19.7. The van der Waals surface area contributed by atoms with Crippen molar-refractivity contribution in [3.8, 4) is 0 Å². The molecule has 0 aromatic heterocycles. The van der Waals surface area contributed by atoms with Gasteiger partial charge in [0.05, 0.1) is 19.8 Å². The van der Waals surface area contributed by atoms with Crippen LogP contribution in [0.15, 0.2) is 0 Å². The molecular weight excluding hydrogens is 496 g/mol. The highest BCUT2D eigenvalue weighted by Gasteiger charge is 2.53. The van der Waals surface area contributed by atoms with Crippen LogP contribution in [0.25, 0.3) is 0 Å². The maximum atomic E-state index is 10.7. The largest absolute Gasteiger partial charge is 0.394 e. The van der Waals surface area contributed by atoms with Gasteiger partial charge in [-0.05, 0) is 0 Å². The lowest BCUT2D eigenvalue weighted by molar-refractivity contribution is -0.379. The molecule has 3 fully saturated rings. The van der Waals surface area contributed by atoms with E-state index in [1.165, 1.54) is 14.2 Å². The maximum Gasteiger partial charge on any atom is 0.187 e. The van der Waals surface area contributed by atoms with E-state index in [0.29, 0.717) is 0 Å². The highest BCUT2D eigenvalue weighted by molar-refractivity contribution is 4.96. The average molecular weight is 532 g/mol. The van der Waals surface area contributed by atoms with E-state index in [9.17, 15) is 46.0 Å². The van der Waals surface area contributed by atoms with Gasteiger partial charge in [0.25, 0.3) is 0 Å². The SMILES string of the molecule is CO[C@H]1OC(CO)[C@H](O[C@@H]2OC(CO)[C@H](O[C@@H]3OC(CO)[C@@H](OC)[C@@H](O)C3O)[C@@H](O)C2O)[C@@H](O)C1O. The number of ether oxygens (including phenoxy) is 7. The third kappa shape index (κ3) is 5.84. The fourth-order valence-corrected chi connectivity index (χ4v) is 4.51. The molecule has 0 radical (unpaired) electrons. The van der Waals surface area contributed by atoms with Gasteiger partial charge < -0.3 is 79.1 Å². The Labute approximate surface area is 206 Å². The maximum absolute atomic E-state index is 10.7. The molecule has 0 aromatic rings. The van der Waals surface area contributed by atoms with Crippen LogP contribution in [0.5, 0.6) is 0 Å². The van der Waals surface area contributed by atoms with E-state index >= 15 is 0 Å². The number of rotatable bonds is 9. The predicted molar refractivity (Wildman–Crippen MR) is 111 cm³/mol. The van der Waals surface area contributed by atoms with Crippen LogP contribution in [0, 0.1) is 0 Å². The second-order valence-electron chi connectivity index (χ2n) is 8.76. The second-order valence-corrected chi connectivity index (χ2v) is 8.76. The quantitative estimate of drug-likeness (QED) is 0.134. The van der Waals surface area contributed by atoms with Gasteiger partial charge in [0, 0.05) is 14.2 Å². The molecule has 9 N–H and O–H groups in total. The number of hydrogen-bond acceptors (Lipinski definition) is 16. The van der Waals surface area contributed by atoms with Crippen LogP contribution in [0.4, 0.5) is 0 Å². The second kappa shape index (κ2) is 12.9. The molecule has 0 amide bonds. The molecule has 0 spiro atoms. The Balaban J connectivity index is 1.72. The van der Waals surface area contributed by atoms with Crippen molar-refractivity contribution < 1.29 is 79.1 Å². The molecule has 0 bridgehead atoms. The van der Waals surface area contributed by atoms with Crippen molar-refractivity contribution in [1.82, 2.24) is 0 Å². The minimum atomic E-state index is -1.85. The summed E-state index contributed by atoms with van der Waals surface area (Å²) >= 11 is 0. The number of hydrogen-bond donors (Lipinski definition) is 9. The van der Waals surface area contributed by atoms with E-state index in [1.54, 1.807) is 0 Å². The summed E-state index contributed by atoms with van der Waals surface area (Å²) in [5, 5.41) is 91.6. The number of aliphatic hydroxyl groups excluding tert-OH is 9. The predicted octanol–water partition coefficient (Wildman–Crippen LogP) is -6.26. The summed E-state index contributed by atoms with van der Waals surface area (Å²) in [7, 11) is 2.46. The first-order valence-electron chi connectivity index (χ1n) is 11.4. The summed E-state index contributed by atoms with van der Waals surface area (Å²) in [6.45, 7) is -2.03. The van der Waals surface area contributed by atoms with Crippen molar-refractivity contribution in [2.75, 3.05) is 34.0 Å². The Kier molecular flexibility index (Phi) is 10.8. The minimum absolute atomic E-state index is 0.596. The Hall–Kier alpha value is -0.640. The lowest BCUT2D eigenvalue weighted by Crippen LogP contribution is -2.66. The van der Waals surface area contributed by atoms with Crippen molar-refractivity contribution in [2.24, 2.45) is 0 Å². The molecule has 212 valence electrons. The average Bonchev–Trinajstić information content (AvgIpc) is 2.88. The smallest absolute Gasteiger partial charge is 0.187 e. The standard InChI is InChI=1S/C20H36O16/c1-30-15-6(3-21)33-19(13(28)9(15)24)36-17-8(5-23)34-20(14(29)11(17)26)35-16-7(4-22)32-18(31-2)12(27)10(16)25/h6-29H,3-5H2,1-2H3/t6?,7?,8?,9-,10-,11-,12?,13?,14?,15+,16-,17-,18-,19-,20-/m0/s1. The van der Waals surface area contributed by atoms with Crippen LogP contribution in [0.2, 0.25) is 0 Å². The van der Waals surface area contributed by atoms with E-state index in [1.807, 2.05) is 0 Å². The Morgan fingerprint density at radius 2 is 0.806 bits per heavy atom. The summed E-state index contributed by atoms with van der Waals surface area (Å²) in [5.74, 6) is 0. The van der Waals surface area contributed by atoms with E-state index in [0.717, 1.165) is 0 Å². The monoisotopic (exact) mass is 532 g/mol. The van der Waals surface area contributed by atoms with Gasteiger partial charge in [-0.25, -0.2) is 0 Å². The fourth-order valence-electron chi connectivity index (χ4n) is 4.51. The van der Waals surface area contributed by atoms with Crippen molar-refractivity contribution in [3.63, 3.8) is 0 Å². The van der Waals surface area contributed by atoms with E-state index in [2.05, 4.69) is 0 Å². The molecule has 0 aromatic carbocycles. The fraction of sp³-hybridized carbons (Fsp3) is 1.00. The summed E-state index contributed by atoms with van der Waals surface area (Å²) in [4.78, 5) is 0. The number of methoxy groups -OCH3 is 2. The first-order valence-corrected chi connectivity index (χ1v) is 11.4. The van der Waals surface area contributed by atoms with Crippen molar-refractivity contribution in [1.29, 1.82) is 0 Å². The van der Waals surface area contributed by atoms with Crippen molar-refractivity contribution >= 4 is 0 Å². The number of aliphatic hydroxyl groups is 9. The molecule has 16 heteroatoms. The van der Waals surface area contributed by atoms with Gasteiger partial charge in [-0.1, -0.05) is 0 Å². The summed E-state index contributed by atoms with van der Waals surface area (Å²) in [6.07, 6.45) is -22.4. The van der Waals surface area contributed by atoms with Gasteiger partial charge in [0.2, 0.25) is 0 Å². The zero-order valence-corrected chi connectivity index (χ0v) is 19.7. The minimum Gasteiger partial charge on any atom is -0.394 e. The molecule has 16 nitrogen and oxygen atoms in total. The van der Waals surface area contributed by atoms with Crippen LogP contribution in [0.3, 0.4) is 0 Å². The molecule has 6 unspecified atom stereocenters. The third-order valence-corrected chi connectivity index (χ3v) is 6.55. The van der Waals surface area contributed by atoms with Crippen LogP contribution in [0.1, 0.15) is 0 Å². The van der Waals surface area contributed by atoms with Crippen LogP contribution in [-0.2, 0) is 33.2 Å². The third-order valence-electron chi connectivity index (χ3n) is 6.55. The molecule has 3 heterocycles. The molecule has 0 aliphatic carbocycles. The lowest BCUT2D eigenvalue weighted by atomic mass is 9.96. The lowest BCUT2D eigenvalue weighted by Gasteiger charge is -2.48. The summed E-state index contributed by atoms with van der Waals surface area (Å²) in [5.41, 5.74) is 0. The first kappa shape index (κ1) is 29.9. The molecule has 3 aliphatic rings. The topological polar surface area (TPSA) is 247 Å². The molecule has 3 rings (SSSR count).